The number of nitrogens with two attached hydrogens (primary N) is 1. The zero-order chi connectivity index (χ0) is 12.5. The van der Waals surface area contributed by atoms with E-state index in [1.54, 1.807) is 0 Å². The highest BCUT2D eigenvalue weighted by Gasteiger charge is 2.06. The summed E-state index contributed by atoms with van der Waals surface area (Å²) in [6.07, 6.45) is 3.64. The van der Waals surface area contributed by atoms with Gasteiger partial charge in [-0.1, -0.05) is 18.2 Å². The molecule has 3 rings (SSSR count). The van der Waals surface area contributed by atoms with Crippen molar-refractivity contribution in [2.75, 3.05) is 5.73 Å². The molecular formula is C15H13N3. The molecule has 3 heteroatoms. The number of nitrogen functional groups attached to an aromatic ring is 1. The second-order valence-electron chi connectivity index (χ2n) is 4.37. The van der Waals surface area contributed by atoms with Gasteiger partial charge in [0.2, 0.25) is 0 Å². The van der Waals surface area contributed by atoms with E-state index in [2.05, 4.69) is 16.0 Å². The number of hydrogen-bond acceptors (Lipinski definition) is 3. The Morgan fingerprint density at radius 3 is 2.67 bits per heavy atom. The maximum Gasteiger partial charge on any atom is 0.0947 e. The maximum atomic E-state index is 6.01. The molecule has 2 heterocycles. The zero-order valence-corrected chi connectivity index (χ0v) is 10.1. The van der Waals surface area contributed by atoms with Crippen LogP contribution in [-0.4, -0.2) is 9.97 Å². The number of aryl methyl sites for hydroxylation is 1. The van der Waals surface area contributed by atoms with Crippen LogP contribution in [0.3, 0.4) is 0 Å². The van der Waals surface area contributed by atoms with Crippen molar-refractivity contribution >= 4 is 16.6 Å². The molecule has 0 fully saturated rings. The van der Waals surface area contributed by atoms with Crippen LogP contribution < -0.4 is 5.73 Å². The molecule has 18 heavy (non-hydrogen) atoms. The van der Waals surface area contributed by atoms with E-state index in [0.29, 0.717) is 5.69 Å². The summed E-state index contributed by atoms with van der Waals surface area (Å²) in [7, 11) is 0. The van der Waals surface area contributed by atoms with Gasteiger partial charge in [0.1, 0.15) is 0 Å². The Labute approximate surface area is 105 Å². The largest absolute Gasteiger partial charge is 0.397 e. The normalized spacial score (nSPS) is 10.7. The smallest absolute Gasteiger partial charge is 0.0947 e. The van der Waals surface area contributed by atoms with Gasteiger partial charge in [-0.05, 0) is 30.7 Å². The number of hydrogen-bond donors (Lipinski definition) is 1. The number of rotatable bonds is 1. The molecule has 2 aromatic heterocycles. The molecule has 0 bridgehead atoms. The summed E-state index contributed by atoms with van der Waals surface area (Å²) in [5.41, 5.74) is 10.5. The van der Waals surface area contributed by atoms with Crippen molar-refractivity contribution in [3.05, 3.63) is 54.4 Å². The molecule has 0 aliphatic heterocycles. The van der Waals surface area contributed by atoms with Crippen molar-refractivity contribution in [3.63, 3.8) is 0 Å². The predicted molar refractivity (Wildman–Crippen MR) is 74.1 cm³/mol. The molecule has 3 nitrogen and oxygen atoms in total. The lowest BCUT2D eigenvalue weighted by Crippen LogP contribution is -1.95. The Kier molecular flexibility index (Phi) is 2.45. The molecule has 0 saturated heterocycles. The molecule has 88 valence electrons. The minimum Gasteiger partial charge on any atom is -0.397 e. The van der Waals surface area contributed by atoms with E-state index < -0.39 is 0 Å². The minimum absolute atomic E-state index is 0.687. The quantitative estimate of drug-likeness (QED) is 0.704. The molecule has 0 amide bonds. The second-order valence-corrected chi connectivity index (χ2v) is 4.37. The standard InChI is InChI=1S/C15H13N3/c1-10-6-13(16)15(18-8-10)12-7-11-4-2-3-5-14(11)17-9-12/h2-9H,16H2,1H3. The van der Waals surface area contributed by atoms with Gasteiger partial charge in [-0.25, -0.2) is 0 Å². The van der Waals surface area contributed by atoms with E-state index in [0.717, 1.165) is 27.7 Å². The third kappa shape index (κ3) is 1.80. The monoisotopic (exact) mass is 235 g/mol. The number of aromatic nitrogens is 2. The Morgan fingerprint density at radius 2 is 1.83 bits per heavy atom. The van der Waals surface area contributed by atoms with Gasteiger partial charge in [-0.3, -0.25) is 9.97 Å². The summed E-state index contributed by atoms with van der Waals surface area (Å²) in [6, 6.07) is 12.0. The molecule has 0 aliphatic rings. The average Bonchev–Trinajstić information content (AvgIpc) is 2.38. The van der Waals surface area contributed by atoms with Crippen LogP contribution in [0.4, 0.5) is 5.69 Å². The molecule has 2 N–H and O–H groups in total. The molecule has 0 aliphatic carbocycles. The highest BCUT2D eigenvalue weighted by molar-refractivity contribution is 5.84. The minimum atomic E-state index is 0.687. The summed E-state index contributed by atoms with van der Waals surface area (Å²) in [4.78, 5) is 8.82. The zero-order valence-electron chi connectivity index (χ0n) is 10.1. The molecule has 1 aromatic carbocycles. The van der Waals surface area contributed by atoms with Gasteiger partial charge in [-0.2, -0.15) is 0 Å². The predicted octanol–water partition coefficient (Wildman–Crippen LogP) is 3.19. The number of anilines is 1. The van der Waals surface area contributed by atoms with Gasteiger partial charge in [0.25, 0.3) is 0 Å². The fraction of sp³-hybridized carbons (Fsp3) is 0.0667. The van der Waals surface area contributed by atoms with Gasteiger partial charge in [0.05, 0.1) is 16.9 Å². The van der Waals surface area contributed by atoms with Crippen molar-refractivity contribution in [2.24, 2.45) is 0 Å². The molecule has 3 aromatic rings. The molecule has 0 atom stereocenters. The van der Waals surface area contributed by atoms with Crippen LogP contribution in [0, 0.1) is 6.92 Å². The van der Waals surface area contributed by atoms with Gasteiger partial charge < -0.3 is 5.73 Å². The summed E-state index contributed by atoms with van der Waals surface area (Å²) in [5, 5.41) is 1.09. The van der Waals surface area contributed by atoms with Crippen LogP contribution in [0.15, 0.2) is 48.8 Å². The van der Waals surface area contributed by atoms with Crippen LogP contribution in [0.2, 0.25) is 0 Å². The number of benzene rings is 1. The van der Waals surface area contributed by atoms with Crippen molar-refractivity contribution < 1.29 is 0 Å². The van der Waals surface area contributed by atoms with Crippen LogP contribution in [0.25, 0.3) is 22.2 Å². The van der Waals surface area contributed by atoms with Gasteiger partial charge in [-0.15, -0.1) is 0 Å². The summed E-state index contributed by atoms with van der Waals surface area (Å²) >= 11 is 0. The molecule has 0 radical (unpaired) electrons. The lowest BCUT2D eigenvalue weighted by molar-refractivity contribution is 1.26. The van der Waals surface area contributed by atoms with E-state index in [9.17, 15) is 0 Å². The van der Waals surface area contributed by atoms with Crippen LogP contribution in [0.5, 0.6) is 0 Å². The highest BCUT2D eigenvalue weighted by atomic mass is 14.7. The Hall–Kier alpha value is -2.42. The fourth-order valence-corrected chi connectivity index (χ4v) is 2.03. The van der Waals surface area contributed by atoms with Crippen LogP contribution in [0.1, 0.15) is 5.56 Å². The second kappa shape index (κ2) is 4.11. The third-order valence-electron chi connectivity index (χ3n) is 2.92. The first-order valence-corrected chi connectivity index (χ1v) is 5.81. The molecule has 0 unspecified atom stereocenters. The molecular weight excluding hydrogens is 222 g/mol. The van der Waals surface area contributed by atoms with E-state index in [1.807, 2.05) is 49.6 Å². The summed E-state index contributed by atoms with van der Waals surface area (Å²) in [5.74, 6) is 0. The number of nitrogens with zero attached hydrogens (tertiary/aromatic N) is 2. The van der Waals surface area contributed by atoms with E-state index in [1.165, 1.54) is 0 Å². The first kappa shape index (κ1) is 10.7. The lowest BCUT2D eigenvalue weighted by atomic mass is 10.1. The topological polar surface area (TPSA) is 51.8 Å². The van der Waals surface area contributed by atoms with Gasteiger partial charge in [0.15, 0.2) is 0 Å². The maximum absolute atomic E-state index is 6.01. The Balaban J connectivity index is 2.19. The molecule has 0 saturated carbocycles. The Bertz CT molecular complexity index is 720. The summed E-state index contributed by atoms with van der Waals surface area (Å²) in [6.45, 7) is 1.98. The van der Waals surface area contributed by atoms with Gasteiger partial charge in [0, 0.05) is 23.3 Å². The van der Waals surface area contributed by atoms with Crippen molar-refractivity contribution in [1.29, 1.82) is 0 Å². The number of pyridine rings is 2. The average molecular weight is 235 g/mol. The lowest BCUT2D eigenvalue weighted by Gasteiger charge is -2.06. The first-order valence-electron chi connectivity index (χ1n) is 5.81. The SMILES string of the molecule is Cc1cnc(-c2cnc3ccccc3c2)c(N)c1. The van der Waals surface area contributed by atoms with E-state index in [-0.39, 0.29) is 0 Å². The van der Waals surface area contributed by atoms with E-state index >= 15 is 0 Å². The van der Waals surface area contributed by atoms with Crippen LogP contribution in [-0.2, 0) is 0 Å². The summed E-state index contributed by atoms with van der Waals surface area (Å²) < 4.78 is 0. The van der Waals surface area contributed by atoms with Crippen molar-refractivity contribution in [2.45, 2.75) is 6.92 Å². The Morgan fingerprint density at radius 1 is 1.00 bits per heavy atom. The highest BCUT2D eigenvalue weighted by Crippen LogP contribution is 2.25. The first-order chi connectivity index (χ1) is 8.74. The van der Waals surface area contributed by atoms with Crippen LogP contribution >= 0.6 is 0 Å². The number of fused-ring (bicyclic) bond motifs is 1. The van der Waals surface area contributed by atoms with Gasteiger partial charge >= 0.3 is 0 Å². The van der Waals surface area contributed by atoms with E-state index in [4.69, 9.17) is 5.73 Å². The fourth-order valence-electron chi connectivity index (χ4n) is 2.03. The number of para-hydroxylation sites is 1. The van der Waals surface area contributed by atoms with Crippen molar-refractivity contribution in [3.8, 4) is 11.3 Å². The molecule has 0 spiro atoms. The third-order valence-corrected chi connectivity index (χ3v) is 2.92. The van der Waals surface area contributed by atoms with Crippen molar-refractivity contribution in [1.82, 2.24) is 9.97 Å².